The summed E-state index contributed by atoms with van der Waals surface area (Å²) in [5, 5.41) is 27.0. The Bertz CT molecular complexity index is 659. The van der Waals surface area contributed by atoms with Crippen molar-refractivity contribution in [2.45, 2.75) is 37.5 Å². The van der Waals surface area contributed by atoms with Crippen molar-refractivity contribution in [3.05, 3.63) is 34.0 Å². The Morgan fingerprint density at radius 1 is 1.32 bits per heavy atom. The van der Waals surface area contributed by atoms with Crippen molar-refractivity contribution in [1.82, 2.24) is 10.6 Å². The van der Waals surface area contributed by atoms with Gasteiger partial charge in [0, 0.05) is 29.8 Å². The summed E-state index contributed by atoms with van der Waals surface area (Å²) in [7, 11) is 0. The number of amides is 3. The van der Waals surface area contributed by atoms with Gasteiger partial charge in [-0.15, -0.1) is 11.3 Å². The van der Waals surface area contributed by atoms with Gasteiger partial charge < -0.3 is 26.6 Å². The highest BCUT2D eigenvalue weighted by atomic mass is 32.1. The molecule has 1 aliphatic rings. The van der Waals surface area contributed by atoms with E-state index >= 15 is 0 Å². The molecule has 0 aromatic carbocycles. The second-order valence-electron chi connectivity index (χ2n) is 5.78. The van der Waals surface area contributed by atoms with Crippen molar-refractivity contribution in [2.75, 3.05) is 6.54 Å². The molecule has 8 nitrogen and oxygen atoms in total. The predicted octanol–water partition coefficient (Wildman–Crippen LogP) is -1.18. The Morgan fingerprint density at radius 3 is 2.72 bits per heavy atom. The molecule has 0 saturated carbocycles. The summed E-state index contributed by atoms with van der Waals surface area (Å²) in [5.74, 6) is -1.32. The molecule has 1 aromatic rings. The maximum absolute atomic E-state index is 12.1. The summed E-state index contributed by atoms with van der Waals surface area (Å²) in [6.45, 7) is 0.0829. The number of nitrogens with one attached hydrogen (secondary N) is 2. The number of carbonyl (C=O) groups is 3. The minimum atomic E-state index is -1.20. The highest BCUT2D eigenvalue weighted by molar-refractivity contribution is 7.10. The topological polar surface area (TPSA) is 142 Å². The number of aliphatic hydroxyl groups excluding tert-OH is 2. The molecule has 136 valence electrons. The number of primary amides is 1. The fourth-order valence-corrected chi connectivity index (χ4v) is 3.19. The molecule has 25 heavy (non-hydrogen) atoms. The van der Waals surface area contributed by atoms with Gasteiger partial charge in [-0.3, -0.25) is 14.4 Å². The first kappa shape index (κ1) is 19.1. The van der Waals surface area contributed by atoms with Gasteiger partial charge in [0.1, 0.15) is 6.10 Å². The highest BCUT2D eigenvalue weighted by Gasteiger charge is 2.33. The van der Waals surface area contributed by atoms with E-state index in [2.05, 4.69) is 10.6 Å². The lowest BCUT2D eigenvalue weighted by Gasteiger charge is -2.31. The van der Waals surface area contributed by atoms with Crippen molar-refractivity contribution >= 4 is 29.1 Å². The molecule has 0 spiro atoms. The molecule has 0 aliphatic heterocycles. The van der Waals surface area contributed by atoms with E-state index < -0.39 is 30.1 Å². The van der Waals surface area contributed by atoms with E-state index in [-0.39, 0.29) is 37.3 Å². The van der Waals surface area contributed by atoms with E-state index in [1.807, 2.05) is 17.5 Å². The second-order valence-corrected chi connectivity index (χ2v) is 6.81. The van der Waals surface area contributed by atoms with Crippen LogP contribution < -0.4 is 16.4 Å². The lowest BCUT2D eigenvalue weighted by atomic mass is 9.90. The summed E-state index contributed by atoms with van der Waals surface area (Å²) in [6, 6.07) is 2.79. The zero-order valence-electron chi connectivity index (χ0n) is 13.5. The van der Waals surface area contributed by atoms with Crippen molar-refractivity contribution in [2.24, 2.45) is 5.73 Å². The quantitative estimate of drug-likeness (QED) is 0.412. The van der Waals surface area contributed by atoms with E-state index in [0.717, 1.165) is 4.88 Å². The number of nitrogens with two attached hydrogens (primary N) is 1. The number of hydrogen-bond donors (Lipinski definition) is 5. The van der Waals surface area contributed by atoms with Crippen molar-refractivity contribution in [3.63, 3.8) is 0 Å². The molecular formula is C16H21N3O5S. The van der Waals surface area contributed by atoms with E-state index in [1.54, 1.807) is 0 Å². The molecule has 0 radical (unpaired) electrons. The molecule has 1 aromatic heterocycles. The van der Waals surface area contributed by atoms with Crippen LogP contribution in [0.5, 0.6) is 0 Å². The molecule has 1 heterocycles. The molecule has 3 atom stereocenters. The molecular weight excluding hydrogens is 346 g/mol. The van der Waals surface area contributed by atoms with Crippen LogP contribution >= 0.6 is 11.3 Å². The molecule has 1 aliphatic carbocycles. The Hall–Kier alpha value is -2.23. The zero-order valence-corrected chi connectivity index (χ0v) is 14.3. The summed E-state index contributed by atoms with van der Waals surface area (Å²) in [6.07, 6.45) is -0.816. The van der Waals surface area contributed by atoms with Crippen LogP contribution in [0, 0.1) is 0 Å². The summed E-state index contributed by atoms with van der Waals surface area (Å²) in [5.41, 5.74) is 5.24. The maximum atomic E-state index is 12.1. The standard InChI is InChI=1S/C16H21N3O5S/c17-13(21)3-4-18-16(24)9-6-11(15(23)12(20)7-9)19-14(22)8-10-2-1-5-25-10/h1-2,5-6,11-12,15,20,23H,3-4,7-8H2,(H2,17,21)(H,18,24)(H,19,22)/t11-,12+,15+/m0/s1. The normalized spacial score (nSPS) is 22.8. The van der Waals surface area contributed by atoms with E-state index in [9.17, 15) is 24.6 Å². The number of hydrogen-bond acceptors (Lipinski definition) is 6. The van der Waals surface area contributed by atoms with Crippen molar-refractivity contribution in [1.29, 1.82) is 0 Å². The van der Waals surface area contributed by atoms with Crippen LogP contribution in [0.25, 0.3) is 0 Å². The Labute approximate surface area is 148 Å². The van der Waals surface area contributed by atoms with Crippen LogP contribution in [0.4, 0.5) is 0 Å². The summed E-state index contributed by atoms with van der Waals surface area (Å²) >= 11 is 1.44. The second kappa shape index (κ2) is 8.75. The van der Waals surface area contributed by atoms with Crippen LogP contribution in [0.3, 0.4) is 0 Å². The Morgan fingerprint density at radius 2 is 2.08 bits per heavy atom. The molecule has 9 heteroatoms. The molecule has 6 N–H and O–H groups in total. The third-order valence-electron chi connectivity index (χ3n) is 3.76. The van der Waals surface area contributed by atoms with Gasteiger partial charge in [-0.05, 0) is 11.4 Å². The van der Waals surface area contributed by atoms with Gasteiger partial charge in [0.15, 0.2) is 0 Å². The fraction of sp³-hybridized carbons (Fsp3) is 0.438. The number of rotatable bonds is 7. The molecule has 3 amide bonds. The van der Waals surface area contributed by atoms with Crippen molar-refractivity contribution in [3.8, 4) is 0 Å². The molecule has 0 bridgehead atoms. The number of aliphatic hydroxyl groups is 2. The van der Waals surface area contributed by atoms with Gasteiger partial charge in [-0.25, -0.2) is 0 Å². The third kappa shape index (κ3) is 5.66. The number of carbonyl (C=O) groups excluding carboxylic acids is 3. The monoisotopic (exact) mass is 367 g/mol. The fourth-order valence-electron chi connectivity index (χ4n) is 2.49. The Balaban J connectivity index is 1.98. The van der Waals surface area contributed by atoms with Crippen LogP contribution in [-0.2, 0) is 20.8 Å². The van der Waals surface area contributed by atoms with E-state index in [1.165, 1.54) is 17.4 Å². The smallest absolute Gasteiger partial charge is 0.247 e. The average Bonchev–Trinajstić information content (AvgIpc) is 3.03. The first-order valence-electron chi connectivity index (χ1n) is 7.82. The molecule has 0 unspecified atom stereocenters. The molecule has 0 fully saturated rings. The van der Waals surface area contributed by atoms with Gasteiger partial charge >= 0.3 is 0 Å². The maximum Gasteiger partial charge on any atom is 0.247 e. The van der Waals surface area contributed by atoms with Gasteiger partial charge in [-0.1, -0.05) is 12.1 Å². The number of thiophene rings is 1. The van der Waals surface area contributed by atoms with Gasteiger partial charge in [0.25, 0.3) is 0 Å². The predicted molar refractivity (Wildman–Crippen MR) is 91.5 cm³/mol. The third-order valence-corrected chi connectivity index (χ3v) is 4.64. The lowest BCUT2D eigenvalue weighted by Crippen LogP contribution is -2.51. The minimum Gasteiger partial charge on any atom is -0.390 e. The van der Waals surface area contributed by atoms with Crippen LogP contribution in [0.1, 0.15) is 17.7 Å². The largest absolute Gasteiger partial charge is 0.390 e. The molecule has 2 rings (SSSR count). The summed E-state index contributed by atoms with van der Waals surface area (Å²) in [4.78, 5) is 35.7. The molecule has 0 saturated heterocycles. The first-order valence-corrected chi connectivity index (χ1v) is 8.70. The van der Waals surface area contributed by atoms with E-state index in [0.29, 0.717) is 0 Å². The average molecular weight is 367 g/mol. The SMILES string of the molecule is NC(=O)CCNC(=O)C1=C[C@H](NC(=O)Cc2cccs2)[C@@H](O)[C@H](O)C1. The lowest BCUT2D eigenvalue weighted by molar-refractivity contribution is -0.123. The van der Waals surface area contributed by atoms with Crippen LogP contribution in [0.2, 0.25) is 0 Å². The Kier molecular flexibility index (Phi) is 6.68. The van der Waals surface area contributed by atoms with Gasteiger partial charge in [0.05, 0.1) is 18.6 Å². The minimum absolute atomic E-state index is 0.00514. The van der Waals surface area contributed by atoms with Gasteiger partial charge in [-0.2, -0.15) is 0 Å². The van der Waals surface area contributed by atoms with Crippen LogP contribution in [-0.4, -0.2) is 52.7 Å². The van der Waals surface area contributed by atoms with E-state index in [4.69, 9.17) is 5.73 Å². The summed E-state index contributed by atoms with van der Waals surface area (Å²) < 4.78 is 0. The zero-order chi connectivity index (χ0) is 18.4. The van der Waals surface area contributed by atoms with Crippen molar-refractivity contribution < 1.29 is 24.6 Å². The first-order chi connectivity index (χ1) is 11.9. The van der Waals surface area contributed by atoms with Crippen LogP contribution in [0.15, 0.2) is 29.2 Å². The van der Waals surface area contributed by atoms with Gasteiger partial charge in [0.2, 0.25) is 17.7 Å². The highest BCUT2D eigenvalue weighted by Crippen LogP contribution is 2.20.